The van der Waals surface area contributed by atoms with Crippen LogP contribution >= 0.6 is 0 Å². The molecule has 0 spiro atoms. The Labute approximate surface area is 174 Å². The fourth-order valence-electron chi connectivity index (χ4n) is 3.15. The highest BCUT2D eigenvalue weighted by molar-refractivity contribution is 7.89. The highest BCUT2D eigenvalue weighted by Crippen LogP contribution is 2.31. The van der Waals surface area contributed by atoms with E-state index in [0.29, 0.717) is 18.8 Å². The number of carbonyl (C=O) groups is 2. The standard InChI is InChI=1S/C20H22N2O7S/c1-27-14-6-7-15(19(21)23)17(12-14)29-20(24)13-5-8-16(28-2)18(11-13)30(25,26)22-9-3-4-10-22/h5-8,11-12H,3-4,9-10H2,1-2H3,(H2,21,23). The van der Waals surface area contributed by atoms with Crippen molar-refractivity contribution in [2.75, 3.05) is 27.3 Å². The van der Waals surface area contributed by atoms with Crippen molar-refractivity contribution in [2.45, 2.75) is 17.7 Å². The van der Waals surface area contributed by atoms with Crippen LogP contribution in [0.2, 0.25) is 0 Å². The number of primary amides is 1. The summed E-state index contributed by atoms with van der Waals surface area (Å²) in [7, 11) is -1.06. The summed E-state index contributed by atoms with van der Waals surface area (Å²) in [5.74, 6) is -1.25. The molecule has 1 heterocycles. The number of ether oxygens (including phenoxy) is 3. The molecule has 1 saturated heterocycles. The van der Waals surface area contributed by atoms with Gasteiger partial charge in [0.1, 0.15) is 22.1 Å². The molecule has 0 atom stereocenters. The third-order valence-electron chi connectivity index (χ3n) is 4.74. The van der Waals surface area contributed by atoms with Crippen LogP contribution in [0.15, 0.2) is 41.3 Å². The van der Waals surface area contributed by atoms with E-state index >= 15 is 0 Å². The number of nitrogens with two attached hydrogens (primary N) is 1. The molecule has 1 amide bonds. The number of esters is 1. The first-order valence-electron chi connectivity index (χ1n) is 9.16. The van der Waals surface area contributed by atoms with Gasteiger partial charge in [0.15, 0.2) is 0 Å². The van der Waals surface area contributed by atoms with Crippen LogP contribution in [0, 0.1) is 0 Å². The lowest BCUT2D eigenvalue weighted by Gasteiger charge is -2.18. The quantitative estimate of drug-likeness (QED) is 0.520. The van der Waals surface area contributed by atoms with Gasteiger partial charge in [0.25, 0.3) is 5.91 Å². The number of hydrogen-bond donors (Lipinski definition) is 1. The van der Waals surface area contributed by atoms with Gasteiger partial charge in [0.05, 0.1) is 25.3 Å². The van der Waals surface area contributed by atoms with Gasteiger partial charge in [-0.2, -0.15) is 4.31 Å². The van der Waals surface area contributed by atoms with Gasteiger partial charge in [-0.05, 0) is 43.2 Å². The van der Waals surface area contributed by atoms with Crippen molar-refractivity contribution in [2.24, 2.45) is 5.73 Å². The van der Waals surface area contributed by atoms with Crippen LogP contribution in [0.25, 0.3) is 0 Å². The molecule has 0 radical (unpaired) electrons. The van der Waals surface area contributed by atoms with E-state index in [9.17, 15) is 18.0 Å². The molecule has 0 aliphatic carbocycles. The summed E-state index contributed by atoms with van der Waals surface area (Å²) >= 11 is 0. The molecule has 9 nitrogen and oxygen atoms in total. The van der Waals surface area contributed by atoms with Crippen LogP contribution in [-0.4, -0.2) is 51.9 Å². The predicted molar refractivity (Wildman–Crippen MR) is 107 cm³/mol. The minimum absolute atomic E-state index is 0.0115. The van der Waals surface area contributed by atoms with Crippen LogP contribution in [0.4, 0.5) is 0 Å². The van der Waals surface area contributed by atoms with Crippen molar-refractivity contribution < 1.29 is 32.2 Å². The molecule has 2 aromatic rings. The first kappa shape index (κ1) is 21.6. The highest BCUT2D eigenvalue weighted by atomic mass is 32.2. The second kappa shape index (κ2) is 8.72. The minimum atomic E-state index is -3.84. The van der Waals surface area contributed by atoms with Crippen molar-refractivity contribution in [3.8, 4) is 17.2 Å². The molecule has 2 N–H and O–H groups in total. The largest absolute Gasteiger partial charge is 0.497 e. The van der Waals surface area contributed by atoms with Crippen molar-refractivity contribution in [3.63, 3.8) is 0 Å². The number of carbonyl (C=O) groups excluding carboxylic acids is 2. The normalized spacial score (nSPS) is 14.3. The Kier molecular flexibility index (Phi) is 6.28. The SMILES string of the molecule is COc1ccc(C(N)=O)c(OC(=O)c2ccc(OC)c(S(=O)(=O)N3CCCC3)c2)c1. The maximum absolute atomic E-state index is 13.0. The monoisotopic (exact) mass is 434 g/mol. The molecule has 160 valence electrons. The Morgan fingerprint density at radius 2 is 1.67 bits per heavy atom. The molecule has 1 fully saturated rings. The lowest BCUT2D eigenvalue weighted by Crippen LogP contribution is -2.28. The lowest BCUT2D eigenvalue weighted by atomic mass is 10.1. The van der Waals surface area contributed by atoms with E-state index in [4.69, 9.17) is 19.9 Å². The molecule has 0 unspecified atom stereocenters. The number of nitrogens with zero attached hydrogens (tertiary/aromatic N) is 1. The number of hydrogen-bond acceptors (Lipinski definition) is 7. The van der Waals surface area contributed by atoms with Gasteiger partial charge in [-0.15, -0.1) is 0 Å². The van der Waals surface area contributed by atoms with E-state index in [-0.39, 0.29) is 27.5 Å². The van der Waals surface area contributed by atoms with Crippen LogP contribution in [0.3, 0.4) is 0 Å². The Balaban J connectivity index is 1.97. The number of amides is 1. The topological polar surface area (TPSA) is 125 Å². The first-order valence-corrected chi connectivity index (χ1v) is 10.6. The third kappa shape index (κ3) is 4.24. The number of benzene rings is 2. The molecule has 1 aliphatic heterocycles. The van der Waals surface area contributed by atoms with Gasteiger partial charge < -0.3 is 19.9 Å². The maximum Gasteiger partial charge on any atom is 0.343 e. The molecule has 2 aromatic carbocycles. The maximum atomic E-state index is 13.0. The molecule has 1 aliphatic rings. The van der Waals surface area contributed by atoms with E-state index in [1.165, 1.54) is 54.9 Å². The molecule has 0 bridgehead atoms. The third-order valence-corrected chi connectivity index (χ3v) is 6.66. The van der Waals surface area contributed by atoms with Crippen LogP contribution in [0.5, 0.6) is 17.2 Å². The van der Waals surface area contributed by atoms with Gasteiger partial charge in [-0.3, -0.25) is 4.79 Å². The molecule has 10 heteroatoms. The van der Waals surface area contributed by atoms with E-state index in [2.05, 4.69) is 0 Å². The Morgan fingerprint density at radius 3 is 2.27 bits per heavy atom. The van der Waals surface area contributed by atoms with Gasteiger partial charge in [0, 0.05) is 19.2 Å². The smallest absolute Gasteiger partial charge is 0.343 e. The second-order valence-corrected chi connectivity index (χ2v) is 8.50. The van der Waals surface area contributed by atoms with E-state index < -0.39 is 21.9 Å². The molecule has 0 saturated carbocycles. The second-order valence-electron chi connectivity index (χ2n) is 6.59. The highest BCUT2D eigenvalue weighted by Gasteiger charge is 2.31. The summed E-state index contributed by atoms with van der Waals surface area (Å²) in [6, 6.07) is 8.21. The Morgan fingerprint density at radius 1 is 0.967 bits per heavy atom. The fourth-order valence-corrected chi connectivity index (χ4v) is 4.85. The average molecular weight is 434 g/mol. The predicted octanol–water partition coefficient (Wildman–Crippen LogP) is 1.81. The number of rotatable bonds is 7. The molecule has 3 rings (SSSR count). The van der Waals surface area contributed by atoms with Crippen molar-refractivity contribution >= 4 is 21.9 Å². The summed E-state index contributed by atoms with van der Waals surface area (Å²) in [6.45, 7) is 0.817. The molecule has 30 heavy (non-hydrogen) atoms. The molecule has 0 aromatic heterocycles. The number of sulfonamides is 1. The zero-order valence-electron chi connectivity index (χ0n) is 16.6. The average Bonchev–Trinajstić information content (AvgIpc) is 3.28. The van der Waals surface area contributed by atoms with E-state index in [1.807, 2.05) is 0 Å². The van der Waals surface area contributed by atoms with Gasteiger partial charge in [-0.1, -0.05) is 0 Å². The summed E-state index contributed by atoms with van der Waals surface area (Å²) in [5.41, 5.74) is 5.30. The zero-order chi connectivity index (χ0) is 21.9. The summed E-state index contributed by atoms with van der Waals surface area (Å²) < 4.78 is 42.9. The molecular formula is C20H22N2O7S. The summed E-state index contributed by atoms with van der Waals surface area (Å²) in [4.78, 5) is 24.2. The van der Waals surface area contributed by atoms with Crippen molar-refractivity contribution in [3.05, 3.63) is 47.5 Å². The van der Waals surface area contributed by atoms with Crippen LogP contribution in [0.1, 0.15) is 33.6 Å². The number of methoxy groups -OCH3 is 2. The van der Waals surface area contributed by atoms with E-state index in [1.54, 1.807) is 0 Å². The fraction of sp³-hybridized carbons (Fsp3) is 0.300. The van der Waals surface area contributed by atoms with Gasteiger partial charge in [-0.25, -0.2) is 13.2 Å². The minimum Gasteiger partial charge on any atom is -0.497 e. The Hall–Kier alpha value is -3.11. The van der Waals surface area contributed by atoms with Crippen LogP contribution in [-0.2, 0) is 10.0 Å². The summed E-state index contributed by atoms with van der Waals surface area (Å²) in [5, 5.41) is 0. The van der Waals surface area contributed by atoms with E-state index in [0.717, 1.165) is 12.8 Å². The molecular weight excluding hydrogens is 412 g/mol. The van der Waals surface area contributed by atoms with Crippen LogP contribution < -0.4 is 19.9 Å². The van der Waals surface area contributed by atoms with Crippen molar-refractivity contribution in [1.82, 2.24) is 4.31 Å². The first-order chi connectivity index (χ1) is 14.3. The lowest BCUT2D eigenvalue weighted by molar-refractivity contribution is 0.0732. The Bertz CT molecular complexity index is 1080. The van der Waals surface area contributed by atoms with Gasteiger partial charge >= 0.3 is 5.97 Å². The van der Waals surface area contributed by atoms with Gasteiger partial charge in [0.2, 0.25) is 10.0 Å². The summed E-state index contributed by atoms with van der Waals surface area (Å²) in [6.07, 6.45) is 1.55. The van der Waals surface area contributed by atoms with Crippen molar-refractivity contribution in [1.29, 1.82) is 0 Å². The zero-order valence-corrected chi connectivity index (χ0v) is 17.4.